The molecular weight excluding hydrogens is 172 g/mol. The topological polar surface area (TPSA) is 38.9 Å². The van der Waals surface area contributed by atoms with E-state index >= 15 is 0 Å². The van der Waals surface area contributed by atoms with Gasteiger partial charge in [0.2, 0.25) is 0 Å². The Labute approximate surface area is 74.8 Å². The van der Waals surface area contributed by atoms with Gasteiger partial charge in [0.05, 0.1) is 6.20 Å². The second-order valence-electron chi connectivity index (χ2n) is 2.28. The Bertz CT molecular complexity index is 355. The molecule has 0 saturated heterocycles. The average molecular weight is 178 g/mol. The van der Waals surface area contributed by atoms with Gasteiger partial charge in [0.1, 0.15) is 5.69 Å². The highest BCUT2D eigenvalue weighted by atomic mass is 32.1. The van der Waals surface area contributed by atoms with Crippen LogP contribution in [0.3, 0.4) is 0 Å². The highest BCUT2D eigenvalue weighted by Crippen LogP contribution is 2.16. The Morgan fingerprint density at radius 1 is 1.25 bits per heavy atom. The average Bonchev–Trinajstić information content (AvgIpc) is 2.58. The van der Waals surface area contributed by atoms with E-state index in [1.165, 1.54) is 0 Å². The van der Waals surface area contributed by atoms with E-state index in [9.17, 15) is 0 Å². The van der Waals surface area contributed by atoms with Crippen molar-refractivity contribution < 1.29 is 4.52 Å². The molecule has 2 rings (SSSR count). The largest absolute Gasteiger partial charge is 0.355 e. The summed E-state index contributed by atoms with van der Waals surface area (Å²) in [6.07, 6.45) is 3.26. The fourth-order valence-corrected chi connectivity index (χ4v) is 1.01. The third kappa shape index (κ3) is 1.33. The summed E-state index contributed by atoms with van der Waals surface area (Å²) in [6, 6.07) is 5.46. The van der Waals surface area contributed by atoms with E-state index in [0.717, 1.165) is 10.6 Å². The number of hydrogen-bond donors (Lipinski definition) is 1. The van der Waals surface area contributed by atoms with E-state index in [1.807, 2.05) is 12.1 Å². The van der Waals surface area contributed by atoms with Gasteiger partial charge in [-0.2, -0.15) is 0 Å². The van der Waals surface area contributed by atoms with Gasteiger partial charge in [-0.05, 0) is 12.1 Å². The van der Waals surface area contributed by atoms with Gasteiger partial charge in [0.15, 0.2) is 5.76 Å². The van der Waals surface area contributed by atoms with Gasteiger partial charge in [0, 0.05) is 17.2 Å². The van der Waals surface area contributed by atoms with Crippen LogP contribution in [0.25, 0.3) is 11.5 Å². The van der Waals surface area contributed by atoms with Crippen LogP contribution in [-0.2, 0) is 0 Å². The normalized spacial score (nSPS) is 10.1. The summed E-state index contributed by atoms with van der Waals surface area (Å²) < 4.78 is 4.92. The molecule has 0 unspecified atom stereocenters. The first-order valence-corrected chi connectivity index (χ1v) is 3.87. The summed E-state index contributed by atoms with van der Waals surface area (Å²) in [5.74, 6) is 0.670. The lowest BCUT2D eigenvalue weighted by atomic mass is 10.3. The molecule has 0 aromatic carbocycles. The van der Waals surface area contributed by atoms with Crippen molar-refractivity contribution in [3.8, 4) is 11.5 Å². The van der Waals surface area contributed by atoms with E-state index in [4.69, 9.17) is 4.52 Å². The van der Waals surface area contributed by atoms with Crippen LogP contribution in [-0.4, -0.2) is 10.1 Å². The minimum Gasteiger partial charge on any atom is -0.355 e. The second kappa shape index (κ2) is 2.98. The molecule has 0 radical (unpaired) electrons. The molecular formula is C8H6N2OS. The molecule has 12 heavy (non-hydrogen) atoms. The van der Waals surface area contributed by atoms with Gasteiger partial charge in [0.25, 0.3) is 0 Å². The molecule has 2 aromatic heterocycles. The van der Waals surface area contributed by atoms with Crippen LogP contribution in [0, 0.1) is 0 Å². The lowest BCUT2D eigenvalue weighted by molar-refractivity contribution is 0.431. The summed E-state index contributed by atoms with van der Waals surface area (Å²) in [5, 5.41) is 3.59. The number of aromatic nitrogens is 2. The first-order valence-electron chi connectivity index (χ1n) is 3.42. The van der Waals surface area contributed by atoms with Gasteiger partial charge >= 0.3 is 0 Å². The zero-order chi connectivity index (χ0) is 8.39. The molecule has 0 bridgehead atoms. The van der Waals surface area contributed by atoms with Crippen molar-refractivity contribution in [1.82, 2.24) is 10.1 Å². The van der Waals surface area contributed by atoms with Crippen LogP contribution in [0.2, 0.25) is 0 Å². The number of thiol groups is 1. The fraction of sp³-hybridized carbons (Fsp3) is 0. The van der Waals surface area contributed by atoms with Crippen LogP contribution < -0.4 is 0 Å². The molecule has 0 spiro atoms. The number of pyridine rings is 1. The lowest BCUT2D eigenvalue weighted by Crippen LogP contribution is -1.79. The molecule has 3 nitrogen and oxygen atoms in total. The Kier molecular flexibility index (Phi) is 1.83. The van der Waals surface area contributed by atoms with E-state index in [0.29, 0.717) is 5.76 Å². The SMILES string of the molecule is Sc1ccc(-c2ccno2)nc1. The van der Waals surface area contributed by atoms with Crippen LogP contribution in [0.15, 0.2) is 40.0 Å². The molecule has 0 fully saturated rings. The summed E-state index contributed by atoms with van der Waals surface area (Å²) in [6.45, 7) is 0. The smallest absolute Gasteiger partial charge is 0.185 e. The Morgan fingerprint density at radius 2 is 2.17 bits per heavy atom. The maximum atomic E-state index is 4.92. The summed E-state index contributed by atoms with van der Waals surface area (Å²) in [5.41, 5.74) is 0.769. The van der Waals surface area contributed by atoms with Crippen molar-refractivity contribution in [2.75, 3.05) is 0 Å². The number of rotatable bonds is 1. The molecule has 0 aliphatic rings. The van der Waals surface area contributed by atoms with Gasteiger partial charge in [-0.25, -0.2) is 0 Å². The van der Waals surface area contributed by atoms with Gasteiger partial charge < -0.3 is 4.52 Å². The van der Waals surface area contributed by atoms with Crippen molar-refractivity contribution in [3.63, 3.8) is 0 Å². The molecule has 0 N–H and O–H groups in total. The van der Waals surface area contributed by atoms with Crippen molar-refractivity contribution in [1.29, 1.82) is 0 Å². The molecule has 2 heterocycles. The van der Waals surface area contributed by atoms with Crippen LogP contribution in [0.5, 0.6) is 0 Å². The zero-order valence-electron chi connectivity index (χ0n) is 6.14. The molecule has 60 valence electrons. The van der Waals surface area contributed by atoms with Gasteiger partial charge in [-0.3, -0.25) is 4.98 Å². The number of hydrogen-bond acceptors (Lipinski definition) is 4. The third-order valence-electron chi connectivity index (χ3n) is 1.44. The van der Waals surface area contributed by atoms with Crippen LogP contribution >= 0.6 is 12.6 Å². The van der Waals surface area contributed by atoms with Crippen LogP contribution in [0.4, 0.5) is 0 Å². The molecule has 2 aromatic rings. The van der Waals surface area contributed by atoms with Crippen molar-refractivity contribution in [3.05, 3.63) is 30.6 Å². The quantitative estimate of drug-likeness (QED) is 0.679. The summed E-state index contributed by atoms with van der Waals surface area (Å²) in [7, 11) is 0. The minimum absolute atomic E-state index is 0.670. The summed E-state index contributed by atoms with van der Waals surface area (Å²) in [4.78, 5) is 4.94. The van der Waals surface area contributed by atoms with Crippen molar-refractivity contribution >= 4 is 12.6 Å². The highest BCUT2D eigenvalue weighted by Gasteiger charge is 2.01. The van der Waals surface area contributed by atoms with Crippen molar-refractivity contribution in [2.45, 2.75) is 4.90 Å². The van der Waals surface area contributed by atoms with Crippen molar-refractivity contribution in [2.24, 2.45) is 0 Å². The molecule has 4 heteroatoms. The predicted molar refractivity (Wildman–Crippen MR) is 47.0 cm³/mol. The number of nitrogens with zero attached hydrogens (tertiary/aromatic N) is 2. The maximum absolute atomic E-state index is 4.92. The maximum Gasteiger partial charge on any atom is 0.185 e. The first kappa shape index (κ1) is 7.36. The Hall–Kier alpha value is -1.29. The van der Waals surface area contributed by atoms with Gasteiger partial charge in [-0.1, -0.05) is 5.16 Å². The predicted octanol–water partition coefficient (Wildman–Crippen LogP) is 2.03. The third-order valence-corrected chi connectivity index (χ3v) is 1.70. The molecule has 0 aliphatic heterocycles. The molecule has 0 aliphatic carbocycles. The molecule has 0 saturated carbocycles. The summed E-state index contributed by atoms with van der Waals surface area (Å²) >= 11 is 4.12. The highest BCUT2D eigenvalue weighted by molar-refractivity contribution is 7.80. The fourth-order valence-electron chi connectivity index (χ4n) is 0.880. The molecule has 0 amide bonds. The van der Waals surface area contributed by atoms with E-state index < -0.39 is 0 Å². The zero-order valence-corrected chi connectivity index (χ0v) is 7.03. The Balaban J connectivity index is 2.43. The minimum atomic E-state index is 0.670. The lowest BCUT2D eigenvalue weighted by Gasteiger charge is -1.93. The van der Waals surface area contributed by atoms with Crippen LogP contribution in [0.1, 0.15) is 0 Å². The molecule has 0 atom stereocenters. The monoisotopic (exact) mass is 178 g/mol. The van der Waals surface area contributed by atoms with E-state index in [2.05, 4.69) is 22.8 Å². The first-order chi connectivity index (χ1) is 5.86. The standard InChI is InChI=1S/C8H6N2OS/c12-6-1-2-7(9-5-6)8-3-4-10-11-8/h1-5,12H. The second-order valence-corrected chi connectivity index (χ2v) is 2.79. The van der Waals surface area contributed by atoms with E-state index in [-0.39, 0.29) is 0 Å². The Morgan fingerprint density at radius 3 is 2.75 bits per heavy atom. The van der Waals surface area contributed by atoms with Gasteiger partial charge in [-0.15, -0.1) is 12.6 Å². The van der Waals surface area contributed by atoms with E-state index in [1.54, 1.807) is 18.5 Å².